The van der Waals surface area contributed by atoms with Crippen LogP contribution in [0.4, 0.5) is 0 Å². The molecule has 1 aromatic rings. The molecule has 1 heterocycles. The lowest BCUT2D eigenvalue weighted by Crippen LogP contribution is -2.22. The second kappa shape index (κ2) is 4.74. The fraction of sp³-hybridized carbons (Fsp3) is 0.333. The zero-order valence-electron chi connectivity index (χ0n) is 6.48. The highest BCUT2D eigenvalue weighted by molar-refractivity contribution is 5.85. The Balaban J connectivity index is 0.00000121. The third kappa shape index (κ3) is 2.21. The van der Waals surface area contributed by atoms with Crippen molar-refractivity contribution in [2.24, 2.45) is 5.73 Å². The molecule has 1 aromatic heterocycles. The Hall–Kier alpha value is -1.07. The fourth-order valence-corrected chi connectivity index (χ4v) is 0.691. The van der Waals surface area contributed by atoms with E-state index in [0.29, 0.717) is 5.69 Å². The molecular formula is C6H10ClN3O2. The van der Waals surface area contributed by atoms with Gasteiger partial charge >= 0.3 is 5.97 Å². The molecule has 0 aliphatic rings. The molecule has 5 nitrogen and oxygen atoms in total. The van der Waals surface area contributed by atoms with Gasteiger partial charge in [-0.1, -0.05) is 0 Å². The number of hydrogen-bond acceptors (Lipinski definition) is 4. The summed E-state index contributed by atoms with van der Waals surface area (Å²) in [5.74, 6) is -0.478. The Kier molecular flexibility index (Phi) is 4.31. The monoisotopic (exact) mass is 191 g/mol. The number of carbonyl (C=O) groups is 1. The molecule has 0 radical (unpaired) electrons. The van der Waals surface area contributed by atoms with Gasteiger partial charge in [0.2, 0.25) is 0 Å². The number of carbonyl (C=O) groups excluding carboxylic acids is 1. The van der Waals surface area contributed by atoms with Gasteiger partial charge in [0.15, 0.2) is 0 Å². The highest BCUT2D eigenvalue weighted by Crippen LogP contribution is 2.05. The topological polar surface area (TPSA) is 81.0 Å². The van der Waals surface area contributed by atoms with Gasteiger partial charge in [0.1, 0.15) is 6.04 Å². The zero-order valence-corrected chi connectivity index (χ0v) is 7.30. The van der Waals surface area contributed by atoms with Crippen LogP contribution >= 0.6 is 12.4 Å². The minimum absolute atomic E-state index is 0. The van der Waals surface area contributed by atoms with Crippen LogP contribution in [0.25, 0.3) is 0 Å². The predicted molar refractivity (Wildman–Crippen MR) is 44.8 cm³/mol. The van der Waals surface area contributed by atoms with Crippen LogP contribution in [0, 0.1) is 0 Å². The minimum Gasteiger partial charge on any atom is -0.468 e. The van der Waals surface area contributed by atoms with Crippen molar-refractivity contribution < 1.29 is 9.53 Å². The van der Waals surface area contributed by atoms with Crippen molar-refractivity contribution in [1.29, 1.82) is 0 Å². The Morgan fingerprint density at radius 1 is 1.83 bits per heavy atom. The summed E-state index contributed by atoms with van der Waals surface area (Å²) in [6.45, 7) is 0. The molecule has 68 valence electrons. The predicted octanol–water partition coefficient (Wildman–Crippen LogP) is 0.00430. The van der Waals surface area contributed by atoms with Gasteiger partial charge in [-0.2, -0.15) is 0 Å². The number of halogens is 1. The molecule has 0 bridgehead atoms. The third-order valence-corrected chi connectivity index (χ3v) is 1.31. The Morgan fingerprint density at radius 3 is 2.92 bits per heavy atom. The molecule has 0 aromatic carbocycles. The van der Waals surface area contributed by atoms with E-state index in [-0.39, 0.29) is 12.4 Å². The van der Waals surface area contributed by atoms with E-state index >= 15 is 0 Å². The van der Waals surface area contributed by atoms with E-state index in [2.05, 4.69) is 14.7 Å². The summed E-state index contributed by atoms with van der Waals surface area (Å²) in [5, 5.41) is 0. The van der Waals surface area contributed by atoms with Gasteiger partial charge in [0.05, 0.1) is 25.3 Å². The zero-order chi connectivity index (χ0) is 8.27. The number of esters is 1. The number of imidazole rings is 1. The lowest BCUT2D eigenvalue weighted by atomic mass is 10.2. The van der Waals surface area contributed by atoms with Crippen LogP contribution in [0.15, 0.2) is 12.5 Å². The van der Waals surface area contributed by atoms with Crippen LogP contribution in [0.3, 0.4) is 0 Å². The number of ether oxygens (including phenoxy) is 1. The molecule has 0 aliphatic heterocycles. The molecule has 1 rings (SSSR count). The molecule has 0 spiro atoms. The molecular weight excluding hydrogens is 182 g/mol. The van der Waals surface area contributed by atoms with E-state index in [1.165, 1.54) is 19.6 Å². The molecule has 0 fully saturated rings. The number of nitrogens with two attached hydrogens (primary N) is 1. The summed E-state index contributed by atoms with van der Waals surface area (Å²) in [6, 6.07) is -0.762. The van der Waals surface area contributed by atoms with Crippen molar-refractivity contribution in [2.75, 3.05) is 7.11 Å². The Labute approximate surface area is 75.7 Å². The van der Waals surface area contributed by atoms with Gasteiger partial charge in [-0.25, -0.2) is 9.78 Å². The summed E-state index contributed by atoms with van der Waals surface area (Å²) in [7, 11) is 1.29. The largest absolute Gasteiger partial charge is 0.468 e. The highest BCUT2D eigenvalue weighted by atomic mass is 35.5. The van der Waals surface area contributed by atoms with E-state index in [9.17, 15) is 4.79 Å². The van der Waals surface area contributed by atoms with Crippen molar-refractivity contribution in [3.05, 3.63) is 18.2 Å². The summed E-state index contributed by atoms with van der Waals surface area (Å²) in [4.78, 5) is 17.2. The van der Waals surface area contributed by atoms with Crippen molar-refractivity contribution in [3.8, 4) is 0 Å². The first-order chi connectivity index (χ1) is 5.25. The van der Waals surface area contributed by atoms with E-state index in [1.54, 1.807) is 0 Å². The average molecular weight is 192 g/mol. The quantitative estimate of drug-likeness (QED) is 0.645. The van der Waals surface area contributed by atoms with Crippen LogP contribution in [-0.4, -0.2) is 23.0 Å². The van der Waals surface area contributed by atoms with Crippen molar-refractivity contribution >= 4 is 18.4 Å². The lowest BCUT2D eigenvalue weighted by Gasteiger charge is -2.04. The van der Waals surface area contributed by atoms with Gasteiger partial charge < -0.3 is 15.5 Å². The summed E-state index contributed by atoms with van der Waals surface area (Å²) in [6.07, 6.45) is 2.94. The van der Waals surface area contributed by atoms with E-state index in [0.717, 1.165) is 0 Å². The number of nitrogens with one attached hydrogen (secondary N) is 1. The smallest absolute Gasteiger partial charge is 0.328 e. The van der Waals surface area contributed by atoms with Gasteiger partial charge in [-0.15, -0.1) is 12.4 Å². The SMILES string of the molecule is COC(=O)C(N)c1cnc[nH]1.Cl. The first kappa shape index (κ1) is 10.9. The van der Waals surface area contributed by atoms with Gasteiger partial charge in [-0.3, -0.25) is 0 Å². The molecule has 0 saturated carbocycles. The molecule has 0 aliphatic carbocycles. The maximum atomic E-state index is 10.8. The van der Waals surface area contributed by atoms with E-state index < -0.39 is 12.0 Å². The molecule has 12 heavy (non-hydrogen) atoms. The van der Waals surface area contributed by atoms with Crippen molar-refractivity contribution in [3.63, 3.8) is 0 Å². The van der Waals surface area contributed by atoms with E-state index in [1.807, 2.05) is 0 Å². The number of H-pyrrole nitrogens is 1. The number of nitrogens with zero attached hydrogens (tertiary/aromatic N) is 1. The molecule has 1 atom stereocenters. The standard InChI is InChI=1S/C6H9N3O2.ClH/c1-11-6(10)5(7)4-2-8-3-9-4;/h2-3,5H,7H2,1H3,(H,8,9);1H. The fourth-order valence-electron chi connectivity index (χ4n) is 0.691. The maximum Gasteiger partial charge on any atom is 0.328 e. The van der Waals surface area contributed by atoms with Crippen LogP contribution in [0.5, 0.6) is 0 Å². The average Bonchev–Trinajstić information content (AvgIpc) is 2.53. The Morgan fingerprint density at radius 2 is 2.50 bits per heavy atom. The second-order valence-corrected chi connectivity index (χ2v) is 2.01. The molecule has 3 N–H and O–H groups in total. The second-order valence-electron chi connectivity index (χ2n) is 2.01. The highest BCUT2D eigenvalue weighted by Gasteiger charge is 2.16. The van der Waals surface area contributed by atoms with Crippen molar-refractivity contribution in [1.82, 2.24) is 9.97 Å². The normalized spacial score (nSPS) is 11.5. The van der Waals surface area contributed by atoms with Crippen LogP contribution in [0.1, 0.15) is 11.7 Å². The minimum atomic E-state index is -0.762. The van der Waals surface area contributed by atoms with Gasteiger partial charge in [0.25, 0.3) is 0 Å². The number of rotatable bonds is 2. The molecule has 0 saturated heterocycles. The summed E-state index contributed by atoms with van der Waals surface area (Å²) >= 11 is 0. The third-order valence-electron chi connectivity index (χ3n) is 1.31. The first-order valence-electron chi connectivity index (χ1n) is 3.07. The maximum absolute atomic E-state index is 10.8. The molecule has 1 unspecified atom stereocenters. The summed E-state index contributed by atoms with van der Waals surface area (Å²) in [5.41, 5.74) is 6.00. The van der Waals surface area contributed by atoms with Crippen LogP contribution < -0.4 is 5.73 Å². The van der Waals surface area contributed by atoms with Crippen molar-refractivity contribution in [2.45, 2.75) is 6.04 Å². The number of aromatic nitrogens is 2. The first-order valence-corrected chi connectivity index (χ1v) is 3.07. The van der Waals surface area contributed by atoms with Crippen LogP contribution in [0.2, 0.25) is 0 Å². The van der Waals surface area contributed by atoms with Gasteiger partial charge in [0, 0.05) is 0 Å². The number of methoxy groups -OCH3 is 1. The molecule has 0 amide bonds. The number of hydrogen-bond donors (Lipinski definition) is 2. The number of aromatic amines is 1. The summed E-state index contributed by atoms with van der Waals surface area (Å²) < 4.78 is 4.42. The van der Waals surface area contributed by atoms with Gasteiger partial charge in [-0.05, 0) is 0 Å². The lowest BCUT2D eigenvalue weighted by molar-refractivity contribution is -0.142. The Bertz CT molecular complexity index is 237. The van der Waals surface area contributed by atoms with E-state index in [4.69, 9.17) is 5.73 Å². The molecule has 6 heteroatoms. The van der Waals surface area contributed by atoms with Crippen LogP contribution in [-0.2, 0) is 9.53 Å².